The van der Waals surface area contributed by atoms with Crippen LogP contribution in [0, 0.1) is 11.8 Å². The topological polar surface area (TPSA) is 29.1 Å². The highest BCUT2D eigenvalue weighted by Crippen LogP contribution is 2.35. The maximum atomic E-state index is 13.1. The average molecular weight is 300 g/mol. The summed E-state index contributed by atoms with van der Waals surface area (Å²) in [5, 5.41) is 4.58. The van der Waals surface area contributed by atoms with Gasteiger partial charge in [0.2, 0.25) is 0 Å². The Labute approximate surface area is 127 Å². The first-order chi connectivity index (χ1) is 9.63. The normalized spacial score (nSPS) is 37.8. The van der Waals surface area contributed by atoms with Crippen LogP contribution < -0.4 is 5.32 Å². The van der Waals surface area contributed by atoms with Crippen molar-refractivity contribution in [2.24, 2.45) is 11.8 Å². The fourth-order valence-electron chi connectivity index (χ4n) is 4.27. The molecule has 0 amide bonds. The lowest BCUT2D eigenvalue weighted by molar-refractivity contribution is 0.244. The van der Waals surface area contributed by atoms with Crippen LogP contribution in [0.4, 0.5) is 0 Å². The second-order valence-corrected chi connectivity index (χ2v) is 9.04. The van der Waals surface area contributed by atoms with E-state index >= 15 is 0 Å². The molecule has 5 atom stereocenters. The van der Waals surface area contributed by atoms with Crippen LogP contribution in [0.5, 0.6) is 0 Å². The van der Waals surface area contributed by atoms with Crippen molar-refractivity contribution in [3.63, 3.8) is 0 Å². The molecule has 2 aliphatic rings. The summed E-state index contributed by atoms with van der Waals surface area (Å²) in [6.45, 7) is 7.98. The quantitative estimate of drug-likeness (QED) is 0.835. The van der Waals surface area contributed by atoms with E-state index in [1.54, 1.807) is 0 Å². The van der Waals surface area contributed by atoms with Crippen LogP contribution in [0.3, 0.4) is 0 Å². The highest BCUT2D eigenvalue weighted by atomic mass is 32.2. The Balaban J connectivity index is 2.04. The molecule has 0 bridgehead atoms. The van der Waals surface area contributed by atoms with E-state index in [-0.39, 0.29) is 0 Å². The van der Waals surface area contributed by atoms with Gasteiger partial charge in [-0.2, -0.15) is 0 Å². The largest absolute Gasteiger partial charge is 0.313 e. The Morgan fingerprint density at radius 1 is 1.10 bits per heavy atom. The lowest BCUT2D eigenvalue weighted by Crippen LogP contribution is -2.52. The predicted octanol–water partition coefficient (Wildman–Crippen LogP) is 3.87. The lowest BCUT2D eigenvalue weighted by Gasteiger charge is -2.41. The zero-order valence-electron chi connectivity index (χ0n) is 13.6. The van der Waals surface area contributed by atoms with Crippen LogP contribution in [0.1, 0.15) is 72.1 Å². The molecule has 20 heavy (non-hydrogen) atoms. The summed E-state index contributed by atoms with van der Waals surface area (Å²) in [5.74, 6) is 1.38. The Kier molecular flexibility index (Phi) is 6.54. The van der Waals surface area contributed by atoms with Crippen molar-refractivity contribution in [2.45, 2.75) is 88.7 Å². The maximum absolute atomic E-state index is 13.1. The van der Waals surface area contributed by atoms with Crippen LogP contribution in [-0.2, 0) is 10.8 Å². The van der Waals surface area contributed by atoms with E-state index in [9.17, 15) is 4.21 Å². The van der Waals surface area contributed by atoms with Gasteiger partial charge in [-0.15, -0.1) is 0 Å². The van der Waals surface area contributed by atoms with Crippen molar-refractivity contribution in [3.05, 3.63) is 0 Å². The second kappa shape index (κ2) is 7.93. The first kappa shape index (κ1) is 16.5. The van der Waals surface area contributed by atoms with Crippen LogP contribution in [0.15, 0.2) is 0 Å². The van der Waals surface area contributed by atoms with Crippen molar-refractivity contribution >= 4 is 10.8 Å². The molecule has 0 aromatic heterocycles. The zero-order valence-corrected chi connectivity index (χ0v) is 14.4. The highest BCUT2D eigenvalue weighted by Gasteiger charge is 2.40. The Hall–Kier alpha value is 0.110. The van der Waals surface area contributed by atoms with Crippen molar-refractivity contribution in [3.8, 4) is 0 Å². The molecular formula is C17H33NOS. The van der Waals surface area contributed by atoms with Crippen molar-refractivity contribution in [1.29, 1.82) is 0 Å². The molecule has 2 nitrogen and oxygen atoms in total. The molecule has 0 heterocycles. The first-order valence-corrected chi connectivity index (χ1v) is 10.0. The molecule has 118 valence electrons. The molecule has 5 unspecified atom stereocenters. The predicted molar refractivity (Wildman–Crippen MR) is 88.4 cm³/mol. The summed E-state index contributed by atoms with van der Waals surface area (Å²) < 4.78 is 13.1. The van der Waals surface area contributed by atoms with Crippen LogP contribution in [-0.4, -0.2) is 27.3 Å². The van der Waals surface area contributed by atoms with Gasteiger partial charge < -0.3 is 5.32 Å². The van der Waals surface area contributed by atoms with Gasteiger partial charge in [-0.3, -0.25) is 4.21 Å². The molecule has 2 rings (SSSR count). The fraction of sp³-hybridized carbons (Fsp3) is 1.00. The van der Waals surface area contributed by atoms with E-state index in [2.05, 4.69) is 26.1 Å². The molecule has 2 aliphatic carbocycles. The monoisotopic (exact) mass is 299 g/mol. The number of hydrogen-bond acceptors (Lipinski definition) is 2. The summed E-state index contributed by atoms with van der Waals surface area (Å²) in [6, 6.07) is 0.483. The minimum absolute atomic E-state index is 0.390. The lowest BCUT2D eigenvalue weighted by atomic mass is 9.80. The molecule has 0 spiro atoms. The number of hydrogen-bond donors (Lipinski definition) is 1. The summed E-state index contributed by atoms with van der Waals surface area (Å²) in [7, 11) is -0.634. The van der Waals surface area contributed by atoms with E-state index in [4.69, 9.17) is 0 Å². The number of nitrogens with one attached hydrogen (secondary N) is 1. The van der Waals surface area contributed by atoms with Gasteiger partial charge in [0.15, 0.2) is 0 Å². The fourth-order valence-corrected chi connectivity index (χ4v) is 6.61. The Morgan fingerprint density at radius 3 is 2.45 bits per heavy atom. The smallest absolute Gasteiger partial charge is 0.0529 e. The molecule has 0 aromatic carbocycles. The summed E-state index contributed by atoms with van der Waals surface area (Å²) in [6.07, 6.45) is 9.98. The van der Waals surface area contributed by atoms with Gasteiger partial charge in [-0.05, 0) is 50.5 Å². The molecule has 2 saturated carbocycles. The van der Waals surface area contributed by atoms with Crippen LogP contribution in [0.25, 0.3) is 0 Å². The number of rotatable bonds is 5. The molecule has 0 aromatic rings. The Morgan fingerprint density at radius 2 is 1.80 bits per heavy atom. The van der Waals surface area contributed by atoms with Gasteiger partial charge >= 0.3 is 0 Å². The zero-order chi connectivity index (χ0) is 14.5. The third-order valence-corrected chi connectivity index (χ3v) is 7.65. The van der Waals surface area contributed by atoms with Crippen molar-refractivity contribution in [1.82, 2.24) is 5.32 Å². The van der Waals surface area contributed by atoms with Crippen LogP contribution >= 0.6 is 0 Å². The summed E-state index contributed by atoms with van der Waals surface area (Å²) >= 11 is 0. The molecule has 3 heteroatoms. The molecular weight excluding hydrogens is 266 g/mol. The standard InChI is InChI=1S/C17H33NOS/c1-4-10-18-16-12-13(2)11-14(3)17(16)20(19)15-8-6-5-7-9-15/h13-18H,4-12H2,1-3H3. The highest BCUT2D eigenvalue weighted by molar-refractivity contribution is 7.86. The third kappa shape index (κ3) is 4.07. The van der Waals surface area contributed by atoms with E-state index in [0.29, 0.717) is 22.5 Å². The first-order valence-electron chi connectivity index (χ1n) is 8.76. The maximum Gasteiger partial charge on any atom is 0.0529 e. The molecule has 0 aliphatic heterocycles. The molecule has 2 fully saturated rings. The van der Waals surface area contributed by atoms with Gasteiger partial charge in [-0.25, -0.2) is 0 Å². The van der Waals surface area contributed by atoms with E-state index < -0.39 is 10.8 Å². The summed E-state index contributed by atoms with van der Waals surface area (Å²) in [5.41, 5.74) is 0. The molecule has 0 saturated heterocycles. The van der Waals surface area contributed by atoms with E-state index in [1.165, 1.54) is 51.4 Å². The SMILES string of the molecule is CCCNC1CC(C)CC(C)C1S(=O)C1CCCCC1. The van der Waals surface area contributed by atoms with Crippen molar-refractivity contribution < 1.29 is 4.21 Å². The minimum atomic E-state index is -0.634. The van der Waals surface area contributed by atoms with E-state index in [1.807, 2.05) is 0 Å². The van der Waals surface area contributed by atoms with E-state index in [0.717, 1.165) is 12.5 Å². The Bertz CT molecular complexity index is 314. The van der Waals surface area contributed by atoms with Gasteiger partial charge in [0.1, 0.15) is 0 Å². The van der Waals surface area contributed by atoms with Crippen LogP contribution in [0.2, 0.25) is 0 Å². The van der Waals surface area contributed by atoms with Crippen molar-refractivity contribution in [2.75, 3.05) is 6.54 Å². The van der Waals surface area contributed by atoms with Gasteiger partial charge in [0.05, 0.1) is 5.25 Å². The van der Waals surface area contributed by atoms with Gasteiger partial charge in [0, 0.05) is 22.1 Å². The van der Waals surface area contributed by atoms with Gasteiger partial charge in [-0.1, -0.05) is 40.0 Å². The molecule has 1 N–H and O–H groups in total. The minimum Gasteiger partial charge on any atom is -0.313 e. The van der Waals surface area contributed by atoms with Gasteiger partial charge in [0.25, 0.3) is 0 Å². The summed E-state index contributed by atoms with van der Waals surface area (Å²) in [4.78, 5) is 0. The second-order valence-electron chi connectivity index (χ2n) is 7.17. The third-order valence-electron chi connectivity index (χ3n) is 5.19. The molecule has 0 radical (unpaired) electrons. The average Bonchev–Trinajstić information content (AvgIpc) is 2.45.